The summed E-state index contributed by atoms with van der Waals surface area (Å²) >= 11 is 0. The van der Waals surface area contributed by atoms with E-state index in [1.54, 1.807) is 48.5 Å². The van der Waals surface area contributed by atoms with E-state index in [9.17, 15) is 9.59 Å². The molecule has 0 amide bonds. The molecule has 0 aromatic heterocycles. The minimum Gasteiger partial charge on any atom is -0.394 e. The molecule has 1 unspecified atom stereocenters. The minimum atomic E-state index is -1.57. The van der Waals surface area contributed by atoms with Crippen LogP contribution < -0.4 is 0 Å². The number of rotatable bonds is 1. The van der Waals surface area contributed by atoms with E-state index in [0.29, 0.717) is 22.3 Å². The number of hydrogen-bond donors (Lipinski definition) is 5. The summed E-state index contributed by atoms with van der Waals surface area (Å²) in [5.74, 6) is -0.128. The first-order valence-corrected chi connectivity index (χ1v) is 8.62. The largest absolute Gasteiger partial charge is 0.394 e. The quantitative estimate of drug-likeness (QED) is 0.366. The molecule has 0 bridgehead atoms. The molecule has 1 aliphatic heterocycles. The second-order valence-corrected chi connectivity index (χ2v) is 6.47. The standard InChI is InChI=1S/C14H8O2.C6H12O6/c15-13-9-5-1-2-6-10(9)14(16)12-8-4-3-7-11(12)13;7-1-2-3(8)4(9)5(10)6(11)12-2/h1-8H;2-11H,1H2/t;2-,3-,4+,5-,6?/m.1/s1. The molecule has 0 spiro atoms. The average molecular weight is 388 g/mol. The maximum absolute atomic E-state index is 12.1. The third-order valence-electron chi connectivity index (χ3n) is 4.70. The van der Waals surface area contributed by atoms with E-state index < -0.39 is 37.3 Å². The molecule has 148 valence electrons. The lowest BCUT2D eigenvalue weighted by atomic mass is 9.84. The van der Waals surface area contributed by atoms with Crippen molar-refractivity contribution in [3.8, 4) is 0 Å². The number of aliphatic hydroxyl groups excluding tert-OH is 5. The summed E-state index contributed by atoms with van der Waals surface area (Å²) in [6.45, 7) is -0.526. The molecule has 28 heavy (non-hydrogen) atoms. The van der Waals surface area contributed by atoms with E-state index in [1.165, 1.54) is 0 Å². The Labute approximate surface area is 160 Å². The number of fused-ring (bicyclic) bond motifs is 2. The maximum atomic E-state index is 12.1. The molecule has 8 nitrogen and oxygen atoms in total. The normalized spacial score (nSPS) is 28.7. The summed E-state index contributed by atoms with van der Waals surface area (Å²) < 4.78 is 4.58. The summed E-state index contributed by atoms with van der Waals surface area (Å²) in [5.41, 5.74) is 2.02. The molecule has 2 aromatic rings. The van der Waals surface area contributed by atoms with Gasteiger partial charge in [-0.05, 0) is 0 Å². The van der Waals surface area contributed by atoms with Crippen LogP contribution in [0.2, 0.25) is 0 Å². The Balaban J connectivity index is 0.000000169. The number of aliphatic hydroxyl groups is 5. The topological polar surface area (TPSA) is 145 Å². The van der Waals surface area contributed by atoms with Crippen LogP contribution in [0.3, 0.4) is 0 Å². The Morgan fingerprint density at radius 2 is 1.07 bits per heavy atom. The molecular weight excluding hydrogens is 368 g/mol. The molecule has 2 aromatic carbocycles. The van der Waals surface area contributed by atoms with E-state index in [4.69, 9.17) is 25.5 Å². The van der Waals surface area contributed by atoms with E-state index in [-0.39, 0.29) is 11.6 Å². The van der Waals surface area contributed by atoms with Crippen LogP contribution in [0.15, 0.2) is 48.5 Å². The van der Waals surface area contributed by atoms with Gasteiger partial charge < -0.3 is 30.3 Å². The molecule has 5 N–H and O–H groups in total. The van der Waals surface area contributed by atoms with E-state index in [1.807, 2.05) is 0 Å². The smallest absolute Gasteiger partial charge is 0.194 e. The predicted octanol–water partition coefficient (Wildman–Crippen LogP) is -0.759. The molecule has 0 saturated carbocycles. The van der Waals surface area contributed by atoms with Gasteiger partial charge in [-0.15, -0.1) is 0 Å². The van der Waals surface area contributed by atoms with Crippen LogP contribution in [0.1, 0.15) is 31.8 Å². The number of ketones is 2. The van der Waals surface area contributed by atoms with Crippen molar-refractivity contribution in [2.75, 3.05) is 6.61 Å². The number of benzene rings is 2. The Kier molecular flexibility index (Phi) is 5.99. The van der Waals surface area contributed by atoms with E-state index in [0.717, 1.165) is 0 Å². The predicted molar refractivity (Wildman–Crippen MR) is 95.7 cm³/mol. The Bertz CT molecular complexity index is 770. The molecule has 8 heteroatoms. The Morgan fingerprint density at radius 1 is 0.679 bits per heavy atom. The van der Waals surface area contributed by atoms with Crippen molar-refractivity contribution in [2.24, 2.45) is 0 Å². The lowest BCUT2D eigenvalue weighted by Gasteiger charge is -2.37. The molecule has 4 rings (SSSR count). The Hall–Kier alpha value is -2.46. The zero-order valence-electron chi connectivity index (χ0n) is 14.7. The molecule has 2 aliphatic rings. The molecular formula is C20H20O8. The molecule has 1 heterocycles. The first kappa shape index (κ1) is 20.3. The first-order valence-electron chi connectivity index (χ1n) is 8.62. The fraction of sp³-hybridized carbons (Fsp3) is 0.300. The highest BCUT2D eigenvalue weighted by Gasteiger charge is 2.42. The number of carbonyl (C=O) groups excluding carboxylic acids is 2. The minimum absolute atomic E-state index is 0.0641. The lowest BCUT2D eigenvalue weighted by molar-refractivity contribution is -0.286. The zero-order valence-corrected chi connectivity index (χ0v) is 14.7. The van der Waals surface area contributed by atoms with Crippen molar-refractivity contribution in [1.82, 2.24) is 0 Å². The van der Waals surface area contributed by atoms with Gasteiger partial charge >= 0.3 is 0 Å². The fourth-order valence-corrected chi connectivity index (χ4v) is 3.13. The van der Waals surface area contributed by atoms with Gasteiger partial charge in [-0.1, -0.05) is 48.5 Å². The summed E-state index contributed by atoms with van der Waals surface area (Å²) in [7, 11) is 0. The van der Waals surface area contributed by atoms with Gasteiger partial charge in [0.15, 0.2) is 17.9 Å². The zero-order chi connectivity index (χ0) is 20.4. The van der Waals surface area contributed by atoms with Crippen molar-refractivity contribution >= 4 is 11.6 Å². The van der Waals surface area contributed by atoms with Gasteiger partial charge in [0.1, 0.15) is 24.4 Å². The van der Waals surface area contributed by atoms with Crippen molar-refractivity contribution < 1.29 is 39.9 Å². The summed E-state index contributed by atoms with van der Waals surface area (Å²) in [6, 6.07) is 13.9. The Morgan fingerprint density at radius 3 is 1.43 bits per heavy atom. The lowest BCUT2D eigenvalue weighted by Crippen LogP contribution is -2.58. The van der Waals surface area contributed by atoms with Crippen LogP contribution in [-0.2, 0) is 4.74 Å². The fourth-order valence-electron chi connectivity index (χ4n) is 3.13. The molecule has 1 aliphatic carbocycles. The highest BCUT2D eigenvalue weighted by Crippen LogP contribution is 2.26. The first-order chi connectivity index (χ1) is 13.4. The van der Waals surface area contributed by atoms with Gasteiger partial charge in [-0.3, -0.25) is 9.59 Å². The SMILES string of the molecule is O=C1c2ccccc2C(=O)c2ccccc21.OC[C@H]1OC(O)[C@H](O)[C@@H](O)[C@@H]1O. The average Bonchev–Trinajstić information content (AvgIpc) is 2.73. The van der Waals surface area contributed by atoms with Crippen LogP contribution in [0, 0.1) is 0 Å². The monoisotopic (exact) mass is 388 g/mol. The van der Waals surface area contributed by atoms with Gasteiger partial charge in [-0.2, -0.15) is 0 Å². The van der Waals surface area contributed by atoms with Gasteiger partial charge in [-0.25, -0.2) is 0 Å². The van der Waals surface area contributed by atoms with Gasteiger partial charge in [0.25, 0.3) is 0 Å². The van der Waals surface area contributed by atoms with Crippen LogP contribution in [0.4, 0.5) is 0 Å². The summed E-state index contributed by atoms with van der Waals surface area (Å²) in [6.07, 6.45) is -7.04. The van der Waals surface area contributed by atoms with Crippen LogP contribution in [0.5, 0.6) is 0 Å². The number of hydrogen-bond acceptors (Lipinski definition) is 8. The van der Waals surface area contributed by atoms with Gasteiger partial charge in [0.2, 0.25) is 0 Å². The third kappa shape index (κ3) is 3.61. The van der Waals surface area contributed by atoms with Crippen molar-refractivity contribution in [3.63, 3.8) is 0 Å². The van der Waals surface area contributed by atoms with E-state index >= 15 is 0 Å². The summed E-state index contributed by atoms with van der Waals surface area (Å²) in [5, 5.41) is 44.7. The second-order valence-electron chi connectivity index (χ2n) is 6.47. The molecule has 5 atom stereocenters. The third-order valence-corrected chi connectivity index (χ3v) is 4.70. The van der Waals surface area contributed by atoms with Gasteiger partial charge in [0.05, 0.1) is 6.61 Å². The number of carbonyl (C=O) groups is 2. The van der Waals surface area contributed by atoms with Crippen molar-refractivity contribution in [3.05, 3.63) is 70.8 Å². The second kappa shape index (κ2) is 8.27. The maximum Gasteiger partial charge on any atom is 0.194 e. The summed E-state index contributed by atoms with van der Waals surface area (Å²) in [4.78, 5) is 24.2. The highest BCUT2D eigenvalue weighted by molar-refractivity contribution is 6.28. The van der Waals surface area contributed by atoms with Gasteiger partial charge in [0, 0.05) is 22.3 Å². The van der Waals surface area contributed by atoms with E-state index in [2.05, 4.69) is 4.74 Å². The highest BCUT2D eigenvalue weighted by atomic mass is 16.6. The molecule has 1 fully saturated rings. The number of ether oxygens (including phenoxy) is 1. The molecule has 1 saturated heterocycles. The molecule has 0 radical (unpaired) electrons. The van der Waals surface area contributed by atoms with Crippen molar-refractivity contribution in [2.45, 2.75) is 30.7 Å². The van der Waals surface area contributed by atoms with Crippen LogP contribution in [-0.4, -0.2) is 74.4 Å². The van der Waals surface area contributed by atoms with Crippen molar-refractivity contribution in [1.29, 1.82) is 0 Å². The van der Waals surface area contributed by atoms with Crippen LogP contribution in [0.25, 0.3) is 0 Å². The van der Waals surface area contributed by atoms with Crippen LogP contribution >= 0.6 is 0 Å².